The number of amides is 1. The molecule has 1 amide bonds. The third-order valence-corrected chi connectivity index (χ3v) is 3.49. The summed E-state index contributed by atoms with van der Waals surface area (Å²) in [5.74, 6) is 1.53. The van der Waals surface area contributed by atoms with Crippen molar-refractivity contribution in [3.63, 3.8) is 0 Å². The monoisotopic (exact) mass is 247 g/mol. The Morgan fingerprint density at radius 1 is 1.33 bits per heavy atom. The molecule has 3 heteroatoms. The molecule has 3 nitrogen and oxygen atoms in total. The van der Waals surface area contributed by atoms with E-state index in [-0.39, 0.29) is 5.91 Å². The van der Waals surface area contributed by atoms with Gasteiger partial charge in [-0.3, -0.25) is 4.79 Å². The van der Waals surface area contributed by atoms with Gasteiger partial charge in [-0.2, -0.15) is 0 Å². The minimum Gasteiger partial charge on any atom is -0.493 e. The molecular weight excluding hydrogens is 226 g/mol. The highest BCUT2D eigenvalue weighted by molar-refractivity contribution is 5.97. The summed E-state index contributed by atoms with van der Waals surface area (Å²) in [6.07, 6.45) is 2.20. The van der Waals surface area contributed by atoms with Gasteiger partial charge in [0, 0.05) is 13.1 Å². The lowest BCUT2D eigenvalue weighted by molar-refractivity contribution is 0.0693. The van der Waals surface area contributed by atoms with Gasteiger partial charge in [0.2, 0.25) is 0 Å². The number of hydrogen-bond acceptors (Lipinski definition) is 2. The molecule has 1 aromatic rings. The van der Waals surface area contributed by atoms with E-state index in [4.69, 9.17) is 4.74 Å². The second-order valence-electron chi connectivity index (χ2n) is 4.90. The average Bonchev–Trinajstić information content (AvgIpc) is 2.40. The van der Waals surface area contributed by atoms with Gasteiger partial charge in [0.1, 0.15) is 5.75 Å². The van der Waals surface area contributed by atoms with Crippen molar-refractivity contribution in [2.45, 2.75) is 26.7 Å². The van der Waals surface area contributed by atoms with E-state index in [1.165, 1.54) is 0 Å². The maximum absolute atomic E-state index is 12.4. The van der Waals surface area contributed by atoms with Crippen molar-refractivity contribution in [1.29, 1.82) is 0 Å². The van der Waals surface area contributed by atoms with Crippen molar-refractivity contribution in [3.8, 4) is 5.75 Å². The highest BCUT2D eigenvalue weighted by atomic mass is 16.5. The summed E-state index contributed by atoms with van der Waals surface area (Å²) in [5, 5.41) is 0. The number of ether oxygens (including phenoxy) is 1. The molecule has 0 radical (unpaired) electrons. The van der Waals surface area contributed by atoms with E-state index in [9.17, 15) is 4.79 Å². The molecule has 0 unspecified atom stereocenters. The molecule has 0 spiro atoms. The lowest BCUT2D eigenvalue weighted by atomic mass is 9.98. The van der Waals surface area contributed by atoms with Crippen LogP contribution in [0.5, 0.6) is 5.75 Å². The molecule has 1 aromatic carbocycles. The second-order valence-corrected chi connectivity index (χ2v) is 4.90. The fraction of sp³-hybridized carbons (Fsp3) is 0.533. The van der Waals surface area contributed by atoms with Gasteiger partial charge in [-0.15, -0.1) is 0 Å². The number of likely N-dealkylation sites (tertiary alicyclic amines) is 1. The summed E-state index contributed by atoms with van der Waals surface area (Å²) in [4.78, 5) is 14.4. The van der Waals surface area contributed by atoms with Crippen LogP contribution in [0.1, 0.15) is 37.0 Å². The topological polar surface area (TPSA) is 29.5 Å². The Labute approximate surface area is 109 Å². The van der Waals surface area contributed by atoms with Crippen LogP contribution in [0, 0.1) is 5.92 Å². The number of piperidine rings is 1. The van der Waals surface area contributed by atoms with Crippen LogP contribution >= 0.6 is 0 Å². The Bertz CT molecular complexity index is 409. The van der Waals surface area contributed by atoms with Gasteiger partial charge >= 0.3 is 0 Å². The van der Waals surface area contributed by atoms with Gasteiger partial charge in [-0.25, -0.2) is 0 Å². The largest absolute Gasteiger partial charge is 0.493 e. The molecule has 1 heterocycles. The minimum atomic E-state index is 0.103. The van der Waals surface area contributed by atoms with Crippen molar-refractivity contribution >= 4 is 5.91 Å². The Kier molecular flexibility index (Phi) is 4.24. The maximum atomic E-state index is 12.4. The average molecular weight is 247 g/mol. The first kappa shape index (κ1) is 12.9. The molecule has 1 aliphatic rings. The number of para-hydroxylation sites is 1. The number of carbonyl (C=O) groups excluding carboxylic acids is 1. The van der Waals surface area contributed by atoms with Gasteiger partial charge in [0.15, 0.2) is 0 Å². The Hall–Kier alpha value is -1.51. The van der Waals surface area contributed by atoms with E-state index >= 15 is 0 Å². The van der Waals surface area contributed by atoms with E-state index in [1.807, 2.05) is 36.1 Å². The molecule has 0 aromatic heterocycles. The van der Waals surface area contributed by atoms with Gasteiger partial charge in [0.05, 0.1) is 12.2 Å². The number of hydrogen-bond donors (Lipinski definition) is 0. The van der Waals surface area contributed by atoms with Crippen LogP contribution in [-0.4, -0.2) is 30.5 Å². The normalized spacial score (nSPS) is 16.7. The summed E-state index contributed by atoms with van der Waals surface area (Å²) >= 11 is 0. The van der Waals surface area contributed by atoms with Crippen molar-refractivity contribution in [2.75, 3.05) is 19.7 Å². The summed E-state index contributed by atoms with van der Waals surface area (Å²) in [6.45, 7) is 6.49. The Balaban J connectivity index is 2.13. The first-order valence-electron chi connectivity index (χ1n) is 6.73. The number of carbonyl (C=O) groups is 1. The molecule has 0 saturated carbocycles. The van der Waals surface area contributed by atoms with Crippen molar-refractivity contribution in [1.82, 2.24) is 4.90 Å². The fourth-order valence-electron chi connectivity index (χ4n) is 2.31. The van der Waals surface area contributed by atoms with Gasteiger partial charge in [-0.05, 0) is 37.8 Å². The van der Waals surface area contributed by atoms with Crippen LogP contribution < -0.4 is 4.74 Å². The van der Waals surface area contributed by atoms with Crippen LogP contribution in [0.2, 0.25) is 0 Å². The number of rotatable bonds is 3. The van der Waals surface area contributed by atoms with Gasteiger partial charge in [0.25, 0.3) is 5.91 Å². The third kappa shape index (κ3) is 2.84. The van der Waals surface area contributed by atoms with Crippen LogP contribution in [0.25, 0.3) is 0 Å². The first-order valence-corrected chi connectivity index (χ1v) is 6.73. The molecule has 18 heavy (non-hydrogen) atoms. The zero-order chi connectivity index (χ0) is 13.0. The van der Waals surface area contributed by atoms with E-state index in [1.54, 1.807) is 0 Å². The zero-order valence-electron chi connectivity index (χ0n) is 11.2. The van der Waals surface area contributed by atoms with Crippen LogP contribution in [-0.2, 0) is 0 Å². The van der Waals surface area contributed by atoms with Crippen LogP contribution in [0.4, 0.5) is 0 Å². The van der Waals surface area contributed by atoms with Gasteiger partial charge < -0.3 is 9.64 Å². The molecule has 1 aliphatic heterocycles. The van der Waals surface area contributed by atoms with E-state index < -0.39 is 0 Å². The van der Waals surface area contributed by atoms with E-state index in [0.29, 0.717) is 17.9 Å². The summed E-state index contributed by atoms with van der Waals surface area (Å²) in [7, 11) is 0. The molecule has 2 rings (SSSR count). The molecule has 0 atom stereocenters. The maximum Gasteiger partial charge on any atom is 0.257 e. The summed E-state index contributed by atoms with van der Waals surface area (Å²) < 4.78 is 5.52. The quantitative estimate of drug-likeness (QED) is 0.822. The molecule has 0 aliphatic carbocycles. The molecule has 98 valence electrons. The summed E-state index contributed by atoms with van der Waals surface area (Å²) in [5.41, 5.74) is 0.689. The molecule has 0 N–H and O–H groups in total. The van der Waals surface area contributed by atoms with E-state index in [0.717, 1.165) is 31.8 Å². The molecular formula is C15H21NO2. The summed E-state index contributed by atoms with van der Waals surface area (Å²) in [6, 6.07) is 7.51. The van der Waals surface area contributed by atoms with Crippen molar-refractivity contribution in [2.24, 2.45) is 5.92 Å². The highest BCUT2D eigenvalue weighted by Crippen LogP contribution is 2.23. The predicted octanol–water partition coefficient (Wildman–Crippen LogP) is 2.96. The first-order chi connectivity index (χ1) is 8.72. The molecule has 1 saturated heterocycles. The van der Waals surface area contributed by atoms with Crippen molar-refractivity contribution in [3.05, 3.63) is 29.8 Å². The second kappa shape index (κ2) is 5.89. The Morgan fingerprint density at radius 3 is 2.67 bits per heavy atom. The fourth-order valence-corrected chi connectivity index (χ4v) is 2.31. The number of benzene rings is 1. The lowest BCUT2D eigenvalue weighted by Crippen LogP contribution is -2.38. The van der Waals surface area contributed by atoms with Gasteiger partial charge in [-0.1, -0.05) is 19.1 Å². The zero-order valence-corrected chi connectivity index (χ0v) is 11.2. The molecule has 0 bridgehead atoms. The third-order valence-electron chi connectivity index (χ3n) is 3.49. The number of nitrogens with zero attached hydrogens (tertiary/aromatic N) is 1. The standard InChI is InChI=1S/C15H21NO2/c1-3-18-14-7-5-4-6-13(14)15(17)16-10-8-12(2)9-11-16/h4-7,12H,3,8-11H2,1-2H3. The molecule has 1 fully saturated rings. The van der Waals surface area contributed by atoms with Crippen molar-refractivity contribution < 1.29 is 9.53 Å². The minimum absolute atomic E-state index is 0.103. The SMILES string of the molecule is CCOc1ccccc1C(=O)N1CCC(C)CC1. The smallest absolute Gasteiger partial charge is 0.257 e. The van der Waals surface area contributed by atoms with E-state index in [2.05, 4.69) is 6.92 Å². The predicted molar refractivity (Wildman–Crippen MR) is 71.9 cm³/mol. The highest BCUT2D eigenvalue weighted by Gasteiger charge is 2.23. The Morgan fingerprint density at radius 2 is 2.00 bits per heavy atom. The van der Waals surface area contributed by atoms with Crippen LogP contribution in [0.3, 0.4) is 0 Å². The van der Waals surface area contributed by atoms with Crippen LogP contribution in [0.15, 0.2) is 24.3 Å². The lowest BCUT2D eigenvalue weighted by Gasteiger charge is -2.30.